The second-order valence-electron chi connectivity index (χ2n) is 6.43. The van der Waals surface area contributed by atoms with Gasteiger partial charge in [0.25, 0.3) is 0 Å². The van der Waals surface area contributed by atoms with E-state index in [9.17, 15) is 9.59 Å². The number of methoxy groups -OCH3 is 1. The molecule has 0 saturated heterocycles. The van der Waals surface area contributed by atoms with Gasteiger partial charge in [0, 0.05) is 0 Å². The molecule has 1 aliphatic heterocycles. The molecule has 0 aromatic heterocycles. The molecular formula is C20H24Cl2N2O6. The summed E-state index contributed by atoms with van der Waals surface area (Å²) in [6, 6.07) is 5.00. The zero-order valence-corrected chi connectivity index (χ0v) is 18.4. The van der Waals surface area contributed by atoms with E-state index in [1.165, 1.54) is 7.11 Å². The topological polar surface area (TPSA) is 109 Å². The smallest absolute Gasteiger partial charge is 0.437 e. The molecule has 0 aliphatic carbocycles. The van der Waals surface area contributed by atoms with Crippen LogP contribution in [0.2, 0.25) is 10.0 Å². The Hall–Kier alpha value is -2.42. The van der Waals surface area contributed by atoms with Gasteiger partial charge in [-0.05, 0) is 44.9 Å². The van der Waals surface area contributed by atoms with Crippen molar-refractivity contribution in [1.29, 1.82) is 0 Å². The van der Waals surface area contributed by atoms with Crippen molar-refractivity contribution in [1.82, 2.24) is 5.32 Å². The molecular weight excluding hydrogens is 435 g/mol. The Bertz CT molecular complexity index is 869. The number of halogens is 2. The molecule has 10 heteroatoms. The first-order valence-corrected chi connectivity index (χ1v) is 9.98. The molecule has 0 spiro atoms. The standard InChI is InChI=1S/C20H24Cl2N2O6/c1-11-17(29-19(25)27-3)15(13-7-6-8-14(21)16(13)22)18(12(2)24-11)30-20(26)28-10-5-4-9-23/h6-8,15,24H,4-5,9-10,23H2,1-3H3. The van der Waals surface area contributed by atoms with E-state index in [1.54, 1.807) is 32.0 Å². The second-order valence-corrected chi connectivity index (χ2v) is 7.22. The Labute approximate surface area is 184 Å². The summed E-state index contributed by atoms with van der Waals surface area (Å²) >= 11 is 12.6. The van der Waals surface area contributed by atoms with Crippen molar-refractivity contribution in [2.24, 2.45) is 5.73 Å². The lowest BCUT2D eigenvalue weighted by Gasteiger charge is -2.30. The summed E-state index contributed by atoms with van der Waals surface area (Å²) in [6.07, 6.45) is -0.502. The van der Waals surface area contributed by atoms with E-state index >= 15 is 0 Å². The Balaban J connectivity index is 2.42. The van der Waals surface area contributed by atoms with Crippen molar-refractivity contribution in [3.8, 4) is 0 Å². The number of benzene rings is 1. The molecule has 0 fully saturated rings. The molecule has 0 saturated carbocycles. The van der Waals surface area contributed by atoms with Crippen LogP contribution in [0.25, 0.3) is 0 Å². The lowest BCUT2D eigenvalue weighted by Crippen LogP contribution is -2.29. The van der Waals surface area contributed by atoms with Crippen LogP contribution in [0.3, 0.4) is 0 Å². The first-order chi connectivity index (χ1) is 14.3. The number of nitrogens with two attached hydrogens (primary N) is 1. The van der Waals surface area contributed by atoms with Gasteiger partial charge in [-0.1, -0.05) is 35.3 Å². The van der Waals surface area contributed by atoms with Crippen LogP contribution in [-0.2, 0) is 18.9 Å². The number of nitrogens with one attached hydrogen (secondary N) is 1. The zero-order valence-electron chi connectivity index (χ0n) is 16.9. The van der Waals surface area contributed by atoms with E-state index in [-0.39, 0.29) is 23.1 Å². The number of allylic oxidation sites excluding steroid dienone is 2. The zero-order chi connectivity index (χ0) is 22.3. The maximum Gasteiger partial charge on any atom is 0.513 e. The predicted octanol–water partition coefficient (Wildman–Crippen LogP) is 4.82. The quantitative estimate of drug-likeness (QED) is 0.441. The summed E-state index contributed by atoms with van der Waals surface area (Å²) < 4.78 is 20.6. The molecule has 8 nitrogen and oxygen atoms in total. The second kappa shape index (κ2) is 11.1. The van der Waals surface area contributed by atoms with Gasteiger partial charge in [-0.3, -0.25) is 0 Å². The molecule has 3 N–H and O–H groups in total. The highest BCUT2D eigenvalue weighted by molar-refractivity contribution is 6.42. The molecule has 0 radical (unpaired) electrons. The molecule has 1 aliphatic rings. The van der Waals surface area contributed by atoms with E-state index in [0.29, 0.717) is 34.9 Å². The summed E-state index contributed by atoms with van der Waals surface area (Å²) in [5.41, 5.74) is 6.95. The number of unbranched alkanes of at least 4 members (excludes halogenated alkanes) is 1. The molecule has 0 bridgehead atoms. The Morgan fingerprint density at radius 1 is 1.07 bits per heavy atom. The van der Waals surface area contributed by atoms with Crippen molar-refractivity contribution >= 4 is 35.5 Å². The van der Waals surface area contributed by atoms with Gasteiger partial charge in [0.1, 0.15) is 17.4 Å². The third-order valence-corrected chi connectivity index (χ3v) is 5.14. The largest absolute Gasteiger partial charge is 0.513 e. The fourth-order valence-corrected chi connectivity index (χ4v) is 3.32. The van der Waals surface area contributed by atoms with Crippen molar-refractivity contribution in [3.63, 3.8) is 0 Å². The third kappa shape index (κ3) is 5.81. The van der Waals surface area contributed by atoms with Crippen molar-refractivity contribution in [2.45, 2.75) is 32.6 Å². The van der Waals surface area contributed by atoms with Gasteiger partial charge >= 0.3 is 12.3 Å². The van der Waals surface area contributed by atoms with Crippen LogP contribution in [-0.4, -0.2) is 32.6 Å². The minimum atomic E-state index is -0.933. The fraction of sp³-hybridized carbons (Fsp3) is 0.400. The minimum Gasteiger partial charge on any atom is -0.437 e. The summed E-state index contributed by atoms with van der Waals surface area (Å²) in [4.78, 5) is 24.1. The van der Waals surface area contributed by atoms with Gasteiger partial charge < -0.3 is 30.0 Å². The molecule has 2 rings (SSSR count). The van der Waals surface area contributed by atoms with Gasteiger partial charge in [0.2, 0.25) is 0 Å². The van der Waals surface area contributed by atoms with Gasteiger partial charge in [0.05, 0.1) is 35.2 Å². The number of hydrogen-bond acceptors (Lipinski definition) is 8. The Morgan fingerprint density at radius 3 is 2.30 bits per heavy atom. The number of rotatable bonds is 7. The minimum absolute atomic E-state index is 0.155. The third-order valence-electron chi connectivity index (χ3n) is 4.30. The molecule has 1 aromatic carbocycles. The molecule has 30 heavy (non-hydrogen) atoms. The van der Waals surface area contributed by atoms with E-state index in [4.69, 9.17) is 43.1 Å². The van der Waals surface area contributed by atoms with Crippen molar-refractivity contribution in [3.05, 3.63) is 56.7 Å². The van der Waals surface area contributed by atoms with Crippen LogP contribution in [0.5, 0.6) is 0 Å². The van der Waals surface area contributed by atoms with Crippen molar-refractivity contribution < 1.29 is 28.5 Å². The van der Waals surface area contributed by atoms with E-state index in [0.717, 1.165) is 6.42 Å². The first kappa shape index (κ1) is 23.9. The van der Waals surface area contributed by atoms with Crippen molar-refractivity contribution in [2.75, 3.05) is 20.3 Å². The van der Waals surface area contributed by atoms with Gasteiger partial charge in [-0.2, -0.15) is 0 Å². The van der Waals surface area contributed by atoms with E-state index in [1.807, 2.05) is 0 Å². The highest BCUT2D eigenvalue weighted by atomic mass is 35.5. The lowest BCUT2D eigenvalue weighted by atomic mass is 9.90. The lowest BCUT2D eigenvalue weighted by molar-refractivity contribution is 0.0655. The number of ether oxygens (including phenoxy) is 4. The Kier molecular flexibility index (Phi) is 8.83. The van der Waals surface area contributed by atoms with Crippen LogP contribution in [0.1, 0.15) is 38.2 Å². The number of hydrogen-bond donors (Lipinski definition) is 2. The molecule has 0 amide bonds. The van der Waals surface area contributed by atoms with Crippen LogP contribution < -0.4 is 11.1 Å². The predicted molar refractivity (Wildman–Crippen MR) is 112 cm³/mol. The normalized spacial score (nSPS) is 16.1. The molecule has 1 aromatic rings. The van der Waals surface area contributed by atoms with Gasteiger partial charge in [-0.15, -0.1) is 0 Å². The van der Waals surface area contributed by atoms with Crippen LogP contribution in [0.4, 0.5) is 9.59 Å². The number of carbonyl (C=O) groups excluding carboxylic acids is 2. The molecule has 1 heterocycles. The SMILES string of the molecule is COC(=O)OC1=C(C)NC(C)=C(OC(=O)OCCCCN)C1c1cccc(Cl)c1Cl. The summed E-state index contributed by atoms with van der Waals surface area (Å²) in [6.45, 7) is 4.08. The monoisotopic (exact) mass is 458 g/mol. The summed E-state index contributed by atoms with van der Waals surface area (Å²) in [5, 5.41) is 3.55. The number of carbonyl (C=O) groups is 2. The van der Waals surface area contributed by atoms with Crippen LogP contribution >= 0.6 is 23.2 Å². The van der Waals surface area contributed by atoms with E-state index < -0.39 is 18.2 Å². The first-order valence-electron chi connectivity index (χ1n) is 9.23. The maximum absolute atomic E-state index is 12.3. The van der Waals surface area contributed by atoms with E-state index in [2.05, 4.69) is 10.1 Å². The average Bonchev–Trinajstić information content (AvgIpc) is 2.71. The molecule has 1 unspecified atom stereocenters. The molecule has 1 atom stereocenters. The van der Waals surface area contributed by atoms with Gasteiger partial charge in [-0.25, -0.2) is 9.59 Å². The summed E-state index contributed by atoms with van der Waals surface area (Å²) in [7, 11) is 1.19. The van der Waals surface area contributed by atoms with Gasteiger partial charge in [0.15, 0.2) is 0 Å². The highest BCUT2D eigenvalue weighted by Gasteiger charge is 2.37. The molecule has 164 valence electrons. The maximum atomic E-state index is 12.3. The Morgan fingerprint density at radius 2 is 1.70 bits per heavy atom. The number of dihydropyridines is 1. The van der Waals surface area contributed by atoms with Crippen LogP contribution in [0, 0.1) is 0 Å². The highest BCUT2D eigenvalue weighted by Crippen LogP contribution is 2.43. The summed E-state index contributed by atoms with van der Waals surface area (Å²) in [5.74, 6) is -0.525. The fourth-order valence-electron chi connectivity index (χ4n) is 2.91. The van der Waals surface area contributed by atoms with Crippen LogP contribution in [0.15, 0.2) is 41.1 Å². The average molecular weight is 459 g/mol.